The first kappa shape index (κ1) is 14.1. The van der Waals surface area contributed by atoms with Crippen LogP contribution in [-0.4, -0.2) is 27.8 Å². The fourth-order valence-electron chi connectivity index (χ4n) is 2.22. The summed E-state index contributed by atoms with van der Waals surface area (Å²) >= 11 is 0. The summed E-state index contributed by atoms with van der Waals surface area (Å²) in [5, 5.41) is 4.75. The topological polar surface area (TPSA) is 57.0 Å². The zero-order chi connectivity index (χ0) is 15.9. The van der Waals surface area contributed by atoms with Crippen LogP contribution in [0.2, 0.25) is 0 Å². The maximum atomic E-state index is 14.3. The normalized spacial score (nSPS) is 10.9. The highest BCUT2D eigenvalue weighted by atomic mass is 19.1. The fraction of sp³-hybridized carbons (Fsp3) is 0.133. The van der Waals surface area contributed by atoms with E-state index in [9.17, 15) is 13.6 Å². The highest BCUT2D eigenvalue weighted by molar-refractivity contribution is 5.91. The van der Waals surface area contributed by atoms with Gasteiger partial charge in [0.05, 0.1) is 36.3 Å². The lowest BCUT2D eigenvalue weighted by molar-refractivity contribution is 0.0595. The van der Waals surface area contributed by atoms with E-state index in [1.165, 1.54) is 12.1 Å². The summed E-state index contributed by atoms with van der Waals surface area (Å²) in [6.07, 6.45) is 2.46. The number of fused-ring (bicyclic) bond motifs is 1. The number of aromatic nitrogens is 3. The third-order valence-electron chi connectivity index (χ3n) is 3.37. The Balaban J connectivity index is 2.19. The number of carbonyl (C=O) groups is 1. The van der Waals surface area contributed by atoms with Gasteiger partial charge in [0.2, 0.25) is 0 Å². The summed E-state index contributed by atoms with van der Waals surface area (Å²) in [6.45, 7) is 0. The van der Waals surface area contributed by atoms with Gasteiger partial charge in [0, 0.05) is 24.1 Å². The molecule has 112 valence electrons. The number of methoxy groups -OCH3 is 1. The quantitative estimate of drug-likeness (QED) is 0.683. The number of halogens is 2. The van der Waals surface area contributed by atoms with Crippen LogP contribution in [-0.2, 0) is 11.8 Å². The van der Waals surface area contributed by atoms with Gasteiger partial charge < -0.3 is 4.74 Å². The van der Waals surface area contributed by atoms with Gasteiger partial charge in [-0.25, -0.2) is 13.6 Å². The van der Waals surface area contributed by atoms with E-state index in [2.05, 4.69) is 14.8 Å². The number of benzene rings is 1. The first-order chi connectivity index (χ1) is 10.5. The molecular formula is C15H11F2N3O2. The number of hydrogen-bond acceptors (Lipinski definition) is 4. The lowest BCUT2D eigenvalue weighted by Gasteiger charge is -2.06. The minimum atomic E-state index is -0.844. The number of ether oxygens (including phenoxy) is 1. The molecule has 7 heteroatoms. The van der Waals surface area contributed by atoms with E-state index in [0.717, 1.165) is 13.3 Å². The predicted molar refractivity (Wildman–Crippen MR) is 75.2 cm³/mol. The van der Waals surface area contributed by atoms with Gasteiger partial charge in [0.25, 0.3) is 0 Å². The Kier molecular flexibility index (Phi) is 3.32. The highest BCUT2D eigenvalue weighted by Crippen LogP contribution is 2.27. The molecule has 0 bridgehead atoms. The van der Waals surface area contributed by atoms with Crippen LogP contribution in [0, 0.1) is 11.6 Å². The molecule has 0 unspecified atom stereocenters. The minimum Gasteiger partial charge on any atom is -0.465 e. The van der Waals surface area contributed by atoms with Gasteiger partial charge in [-0.15, -0.1) is 0 Å². The average Bonchev–Trinajstić information content (AvgIpc) is 2.87. The molecule has 1 aromatic carbocycles. The maximum Gasteiger partial charge on any atom is 0.340 e. The van der Waals surface area contributed by atoms with Crippen molar-refractivity contribution in [3.05, 3.63) is 47.8 Å². The molecule has 0 aliphatic carbocycles. The Hall–Kier alpha value is -2.83. The van der Waals surface area contributed by atoms with Crippen molar-refractivity contribution in [2.45, 2.75) is 0 Å². The van der Waals surface area contributed by atoms with E-state index in [0.29, 0.717) is 10.9 Å². The van der Waals surface area contributed by atoms with Crippen LogP contribution in [0.25, 0.3) is 22.2 Å². The Labute approximate surface area is 124 Å². The molecule has 3 rings (SSSR count). The molecule has 0 fully saturated rings. The second-order valence-electron chi connectivity index (χ2n) is 4.70. The Morgan fingerprint density at radius 1 is 1.18 bits per heavy atom. The third kappa shape index (κ3) is 2.20. The molecule has 0 saturated heterocycles. The predicted octanol–water partition coefficient (Wildman–Crippen LogP) is 2.70. The van der Waals surface area contributed by atoms with Crippen LogP contribution in [0.4, 0.5) is 8.78 Å². The first-order valence-electron chi connectivity index (χ1n) is 6.36. The van der Waals surface area contributed by atoms with Gasteiger partial charge in [-0.05, 0) is 12.1 Å². The van der Waals surface area contributed by atoms with Gasteiger partial charge >= 0.3 is 5.97 Å². The molecule has 3 aromatic rings. The molecule has 0 aliphatic heterocycles. The maximum absolute atomic E-state index is 14.3. The number of esters is 1. The minimum absolute atomic E-state index is 0.144. The van der Waals surface area contributed by atoms with Crippen LogP contribution in [0.3, 0.4) is 0 Å². The van der Waals surface area contributed by atoms with Crippen molar-refractivity contribution in [3.63, 3.8) is 0 Å². The van der Waals surface area contributed by atoms with E-state index in [1.54, 1.807) is 24.0 Å². The number of rotatable bonds is 2. The van der Waals surface area contributed by atoms with Crippen LogP contribution >= 0.6 is 0 Å². The van der Waals surface area contributed by atoms with Crippen molar-refractivity contribution in [2.75, 3.05) is 7.11 Å². The summed E-state index contributed by atoms with van der Waals surface area (Å²) in [5.41, 5.74) is 0.630. The standard InChI is InChI=1S/C15H11F2N3O2/c1-20-14-5-11(16)9(3-8(14)6-19-20)13-4-10(15(21)22-2)12(17)7-18-13/h3-7H,1-2H3. The van der Waals surface area contributed by atoms with E-state index < -0.39 is 17.6 Å². The second-order valence-corrected chi connectivity index (χ2v) is 4.70. The zero-order valence-electron chi connectivity index (χ0n) is 11.8. The van der Waals surface area contributed by atoms with E-state index in [4.69, 9.17) is 0 Å². The van der Waals surface area contributed by atoms with Gasteiger partial charge in [0.1, 0.15) is 5.82 Å². The van der Waals surface area contributed by atoms with Crippen molar-refractivity contribution in [1.29, 1.82) is 0 Å². The largest absolute Gasteiger partial charge is 0.465 e. The lowest BCUT2D eigenvalue weighted by atomic mass is 10.1. The van der Waals surface area contributed by atoms with Gasteiger partial charge in [-0.3, -0.25) is 9.67 Å². The highest BCUT2D eigenvalue weighted by Gasteiger charge is 2.17. The van der Waals surface area contributed by atoms with Crippen LogP contribution in [0.5, 0.6) is 0 Å². The molecule has 0 N–H and O–H groups in total. The summed E-state index contributed by atoms with van der Waals surface area (Å²) in [5.74, 6) is -2.20. The smallest absolute Gasteiger partial charge is 0.340 e. The SMILES string of the molecule is COC(=O)c1cc(-c2cc3cnn(C)c3cc2F)ncc1F. The van der Waals surface area contributed by atoms with Crippen molar-refractivity contribution in [2.24, 2.45) is 7.05 Å². The van der Waals surface area contributed by atoms with Gasteiger partial charge in [-0.2, -0.15) is 5.10 Å². The molecule has 5 nitrogen and oxygen atoms in total. The first-order valence-corrected chi connectivity index (χ1v) is 6.36. The van der Waals surface area contributed by atoms with Gasteiger partial charge in [0.15, 0.2) is 5.82 Å². The zero-order valence-corrected chi connectivity index (χ0v) is 11.8. The molecule has 2 aromatic heterocycles. The van der Waals surface area contributed by atoms with Crippen molar-refractivity contribution >= 4 is 16.9 Å². The molecule has 0 spiro atoms. The summed E-state index contributed by atoms with van der Waals surface area (Å²) in [7, 11) is 2.84. The second kappa shape index (κ2) is 5.18. The summed E-state index contributed by atoms with van der Waals surface area (Å²) in [4.78, 5) is 15.4. The van der Waals surface area contributed by atoms with E-state index in [-0.39, 0.29) is 16.8 Å². The van der Waals surface area contributed by atoms with Crippen molar-refractivity contribution in [3.8, 4) is 11.3 Å². The summed E-state index contributed by atoms with van der Waals surface area (Å²) in [6, 6.07) is 4.04. The average molecular weight is 303 g/mol. The molecule has 0 radical (unpaired) electrons. The van der Waals surface area contributed by atoms with Crippen LogP contribution < -0.4 is 0 Å². The van der Waals surface area contributed by atoms with E-state index in [1.807, 2.05) is 0 Å². The molecule has 0 aliphatic rings. The Morgan fingerprint density at radius 3 is 2.68 bits per heavy atom. The number of carbonyl (C=O) groups excluding carboxylic acids is 1. The van der Waals surface area contributed by atoms with Crippen LogP contribution in [0.15, 0.2) is 30.6 Å². The van der Waals surface area contributed by atoms with Crippen LogP contribution in [0.1, 0.15) is 10.4 Å². The molecule has 0 amide bonds. The molecule has 0 saturated carbocycles. The van der Waals surface area contributed by atoms with Crippen molar-refractivity contribution in [1.82, 2.24) is 14.8 Å². The molecular weight excluding hydrogens is 292 g/mol. The molecule has 2 heterocycles. The monoisotopic (exact) mass is 303 g/mol. The molecule has 22 heavy (non-hydrogen) atoms. The lowest BCUT2D eigenvalue weighted by Crippen LogP contribution is -2.06. The van der Waals surface area contributed by atoms with Crippen molar-refractivity contribution < 1.29 is 18.3 Å². The Bertz CT molecular complexity index is 890. The third-order valence-corrected chi connectivity index (χ3v) is 3.37. The number of nitrogens with zero attached hydrogens (tertiary/aromatic N) is 3. The number of pyridine rings is 1. The fourth-order valence-corrected chi connectivity index (χ4v) is 2.22. The number of aryl methyl sites for hydroxylation is 1. The number of hydrogen-bond donors (Lipinski definition) is 0. The summed E-state index contributed by atoms with van der Waals surface area (Å²) < 4.78 is 33.9. The van der Waals surface area contributed by atoms with Gasteiger partial charge in [-0.1, -0.05) is 0 Å². The van der Waals surface area contributed by atoms with E-state index >= 15 is 0 Å². The Morgan fingerprint density at radius 2 is 1.95 bits per heavy atom. The molecule has 0 atom stereocenters.